The van der Waals surface area contributed by atoms with E-state index in [9.17, 15) is 4.39 Å². The molecule has 0 spiro atoms. The van der Waals surface area contributed by atoms with Gasteiger partial charge in [-0.15, -0.1) is 0 Å². The molecule has 3 nitrogen and oxygen atoms in total. The minimum atomic E-state index is -0.298. The largest absolute Gasteiger partial charge is 0.372 e. The number of morpholine rings is 1. The molecule has 1 aromatic rings. The number of aromatic nitrogens is 1. The van der Waals surface area contributed by atoms with Gasteiger partial charge in [-0.25, -0.2) is 9.37 Å². The highest BCUT2D eigenvalue weighted by atomic mass is 19.1. The summed E-state index contributed by atoms with van der Waals surface area (Å²) in [4.78, 5) is 6.19. The highest BCUT2D eigenvalue weighted by molar-refractivity contribution is 5.38. The highest BCUT2D eigenvalue weighted by Crippen LogP contribution is 2.17. The average Bonchev–Trinajstić information content (AvgIpc) is 2.17. The zero-order chi connectivity index (χ0) is 10.8. The Bertz CT molecular complexity index is 318. The number of hydrogen-bond donors (Lipinski definition) is 0. The van der Waals surface area contributed by atoms with E-state index in [4.69, 9.17) is 4.74 Å². The van der Waals surface area contributed by atoms with Crippen molar-refractivity contribution in [1.29, 1.82) is 0 Å². The Balaban J connectivity index is 2.12. The Labute approximate surface area is 88.9 Å². The van der Waals surface area contributed by atoms with Gasteiger partial charge in [0.1, 0.15) is 11.6 Å². The normalized spacial score (nSPS) is 26.7. The fraction of sp³-hybridized carbons (Fsp3) is 0.545. The van der Waals surface area contributed by atoms with Crippen molar-refractivity contribution in [2.24, 2.45) is 0 Å². The van der Waals surface area contributed by atoms with Gasteiger partial charge in [0.25, 0.3) is 0 Å². The molecule has 2 unspecified atom stereocenters. The molecule has 2 rings (SSSR count). The van der Waals surface area contributed by atoms with Crippen LogP contribution in [0.15, 0.2) is 18.3 Å². The number of ether oxygens (including phenoxy) is 1. The van der Waals surface area contributed by atoms with E-state index >= 15 is 0 Å². The summed E-state index contributed by atoms with van der Waals surface area (Å²) >= 11 is 0. The van der Waals surface area contributed by atoms with Crippen LogP contribution < -0.4 is 4.90 Å². The van der Waals surface area contributed by atoms with E-state index in [1.807, 2.05) is 13.8 Å². The first-order valence-electron chi connectivity index (χ1n) is 5.17. The molecule has 2 heterocycles. The van der Waals surface area contributed by atoms with E-state index in [1.165, 1.54) is 12.3 Å². The minimum absolute atomic E-state index is 0.195. The molecule has 1 fully saturated rings. The first kappa shape index (κ1) is 10.4. The topological polar surface area (TPSA) is 25.4 Å². The standard InChI is InChI=1S/C11H15FN2O/c1-8-6-14(7-9(2)15-8)11-4-3-10(12)5-13-11/h3-5,8-9H,6-7H2,1-2H3. The molecule has 0 bridgehead atoms. The summed E-state index contributed by atoms with van der Waals surface area (Å²) in [6.45, 7) is 5.68. The summed E-state index contributed by atoms with van der Waals surface area (Å²) in [6.07, 6.45) is 1.64. The smallest absolute Gasteiger partial charge is 0.141 e. The second-order valence-corrected chi connectivity index (χ2v) is 4.00. The van der Waals surface area contributed by atoms with E-state index in [0.29, 0.717) is 0 Å². The summed E-state index contributed by atoms with van der Waals surface area (Å²) in [6, 6.07) is 3.15. The molecule has 1 aliphatic heterocycles. The average molecular weight is 210 g/mol. The number of rotatable bonds is 1. The van der Waals surface area contributed by atoms with Crippen LogP contribution in [0.2, 0.25) is 0 Å². The number of nitrogens with zero attached hydrogens (tertiary/aromatic N) is 2. The lowest BCUT2D eigenvalue weighted by Crippen LogP contribution is -2.45. The van der Waals surface area contributed by atoms with Crippen molar-refractivity contribution < 1.29 is 9.13 Å². The Hall–Kier alpha value is -1.16. The van der Waals surface area contributed by atoms with Gasteiger partial charge in [0, 0.05) is 13.1 Å². The third kappa shape index (κ3) is 2.45. The third-order valence-corrected chi connectivity index (χ3v) is 2.46. The zero-order valence-electron chi connectivity index (χ0n) is 8.98. The molecule has 0 N–H and O–H groups in total. The van der Waals surface area contributed by atoms with Crippen LogP contribution in [0.25, 0.3) is 0 Å². The molecule has 0 saturated carbocycles. The SMILES string of the molecule is CC1CN(c2ccc(F)cn2)CC(C)O1. The van der Waals surface area contributed by atoms with Crippen molar-refractivity contribution in [3.05, 3.63) is 24.1 Å². The highest BCUT2D eigenvalue weighted by Gasteiger charge is 2.22. The molecule has 1 aliphatic rings. The van der Waals surface area contributed by atoms with Crippen LogP contribution >= 0.6 is 0 Å². The maximum absolute atomic E-state index is 12.7. The molecule has 82 valence electrons. The first-order valence-corrected chi connectivity index (χ1v) is 5.17. The van der Waals surface area contributed by atoms with Crippen LogP contribution in [0.4, 0.5) is 10.2 Å². The van der Waals surface area contributed by atoms with E-state index in [0.717, 1.165) is 18.9 Å². The van der Waals surface area contributed by atoms with Crippen LogP contribution in [0.3, 0.4) is 0 Å². The van der Waals surface area contributed by atoms with Crippen molar-refractivity contribution in [3.8, 4) is 0 Å². The lowest BCUT2D eigenvalue weighted by atomic mass is 10.2. The van der Waals surface area contributed by atoms with Crippen molar-refractivity contribution in [2.45, 2.75) is 26.1 Å². The molecule has 15 heavy (non-hydrogen) atoms. The van der Waals surface area contributed by atoms with Crippen molar-refractivity contribution >= 4 is 5.82 Å². The third-order valence-electron chi connectivity index (χ3n) is 2.46. The lowest BCUT2D eigenvalue weighted by molar-refractivity contribution is -0.00546. The van der Waals surface area contributed by atoms with Crippen molar-refractivity contribution in [3.63, 3.8) is 0 Å². The monoisotopic (exact) mass is 210 g/mol. The summed E-state index contributed by atoms with van der Waals surface area (Å²) in [7, 11) is 0. The number of halogens is 1. The number of anilines is 1. The van der Waals surface area contributed by atoms with Gasteiger partial charge in [-0.1, -0.05) is 0 Å². The molecule has 1 aromatic heterocycles. The molecule has 4 heteroatoms. The second-order valence-electron chi connectivity index (χ2n) is 4.00. The molecule has 0 aromatic carbocycles. The first-order chi connectivity index (χ1) is 7.15. The fourth-order valence-electron chi connectivity index (χ4n) is 1.92. The Morgan fingerprint density at radius 1 is 1.33 bits per heavy atom. The van der Waals surface area contributed by atoms with Crippen LogP contribution in [0, 0.1) is 5.82 Å². The van der Waals surface area contributed by atoms with Gasteiger partial charge in [0.2, 0.25) is 0 Å². The molecule has 0 amide bonds. The summed E-state index contributed by atoms with van der Waals surface area (Å²) in [5.74, 6) is 0.520. The van der Waals surface area contributed by atoms with Gasteiger partial charge >= 0.3 is 0 Å². The van der Waals surface area contributed by atoms with Gasteiger partial charge in [-0.3, -0.25) is 0 Å². The van der Waals surface area contributed by atoms with E-state index in [1.54, 1.807) is 6.07 Å². The zero-order valence-corrected chi connectivity index (χ0v) is 8.98. The Kier molecular flexibility index (Phi) is 2.86. The van der Waals surface area contributed by atoms with Crippen LogP contribution in [0.1, 0.15) is 13.8 Å². The quantitative estimate of drug-likeness (QED) is 0.707. The molecular formula is C11H15FN2O. The van der Waals surface area contributed by atoms with Gasteiger partial charge in [0.15, 0.2) is 0 Å². The lowest BCUT2D eigenvalue weighted by Gasteiger charge is -2.36. The second kappa shape index (κ2) is 4.14. The maximum Gasteiger partial charge on any atom is 0.141 e. The van der Waals surface area contributed by atoms with Gasteiger partial charge in [-0.2, -0.15) is 0 Å². The summed E-state index contributed by atoms with van der Waals surface area (Å²) in [5.41, 5.74) is 0. The molecular weight excluding hydrogens is 195 g/mol. The van der Waals surface area contributed by atoms with E-state index in [-0.39, 0.29) is 18.0 Å². The predicted molar refractivity (Wildman–Crippen MR) is 56.4 cm³/mol. The van der Waals surface area contributed by atoms with Crippen molar-refractivity contribution in [2.75, 3.05) is 18.0 Å². The van der Waals surface area contributed by atoms with Crippen molar-refractivity contribution in [1.82, 2.24) is 4.98 Å². The molecule has 2 atom stereocenters. The minimum Gasteiger partial charge on any atom is -0.372 e. The van der Waals surface area contributed by atoms with Crippen LogP contribution in [0.5, 0.6) is 0 Å². The van der Waals surface area contributed by atoms with Gasteiger partial charge < -0.3 is 9.64 Å². The van der Waals surface area contributed by atoms with Gasteiger partial charge in [-0.05, 0) is 26.0 Å². The predicted octanol–water partition coefficient (Wildman–Crippen LogP) is 1.83. The summed E-state index contributed by atoms with van der Waals surface area (Å²) in [5, 5.41) is 0. The molecule has 1 saturated heterocycles. The maximum atomic E-state index is 12.7. The van der Waals surface area contributed by atoms with E-state index < -0.39 is 0 Å². The molecule has 0 aliphatic carbocycles. The fourth-order valence-corrected chi connectivity index (χ4v) is 1.92. The summed E-state index contributed by atoms with van der Waals surface area (Å²) < 4.78 is 18.3. The van der Waals surface area contributed by atoms with Gasteiger partial charge in [0.05, 0.1) is 18.4 Å². The van der Waals surface area contributed by atoms with E-state index in [2.05, 4.69) is 9.88 Å². The van der Waals surface area contributed by atoms with Crippen LogP contribution in [-0.4, -0.2) is 30.3 Å². The Morgan fingerprint density at radius 3 is 2.53 bits per heavy atom. The molecule has 0 radical (unpaired) electrons. The Morgan fingerprint density at radius 2 is 2.00 bits per heavy atom. The van der Waals surface area contributed by atoms with Crippen LogP contribution in [-0.2, 0) is 4.74 Å². The number of pyridine rings is 1. The number of hydrogen-bond acceptors (Lipinski definition) is 3.